The van der Waals surface area contributed by atoms with E-state index in [1.54, 1.807) is 36.2 Å². The average Bonchev–Trinajstić information content (AvgIpc) is 2.48. The highest BCUT2D eigenvalue weighted by molar-refractivity contribution is 5.94. The summed E-state index contributed by atoms with van der Waals surface area (Å²) < 4.78 is 5.62. The van der Waals surface area contributed by atoms with Crippen LogP contribution in [0.1, 0.15) is 15.9 Å². The number of benzene rings is 2. The maximum absolute atomic E-state index is 12.2. The Morgan fingerprint density at radius 2 is 1.90 bits per heavy atom. The number of anilines is 1. The van der Waals surface area contributed by atoms with Gasteiger partial charge in [0, 0.05) is 18.3 Å². The molecule has 0 saturated heterocycles. The van der Waals surface area contributed by atoms with E-state index in [-0.39, 0.29) is 5.91 Å². The molecular weight excluding hydrogens is 264 g/mol. The number of aryl methyl sites for hydroxylation is 1. The van der Waals surface area contributed by atoms with Crippen LogP contribution in [0.3, 0.4) is 0 Å². The van der Waals surface area contributed by atoms with Gasteiger partial charge in [0.1, 0.15) is 12.4 Å². The van der Waals surface area contributed by atoms with Crippen molar-refractivity contribution < 1.29 is 9.53 Å². The fourth-order valence-electron chi connectivity index (χ4n) is 1.93. The number of carbonyl (C=O) groups is 1. The van der Waals surface area contributed by atoms with E-state index >= 15 is 0 Å². The topological polar surface area (TPSA) is 55.6 Å². The van der Waals surface area contributed by atoms with Crippen molar-refractivity contribution >= 4 is 11.6 Å². The number of amides is 1. The van der Waals surface area contributed by atoms with Gasteiger partial charge in [0.25, 0.3) is 5.91 Å². The summed E-state index contributed by atoms with van der Waals surface area (Å²) in [5.74, 6) is 0.750. The van der Waals surface area contributed by atoms with Crippen LogP contribution >= 0.6 is 0 Å². The zero-order chi connectivity index (χ0) is 15.2. The van der Waals surface area contributed by atoms with Crippen molar-refractivity contribution in [2.24, 2.45) is 0 Å². The third-order valence-electron chi connectivity index (χ3n) is 3.20. The lowest BCUT2D eigenvalue weighted by molar-refractivity contribution is 0.0774. The molecule has 1 amide bonds. The predicted octanol–water partition coefficient (Wildman–Crippen LogP) is 2.73. The Morgan fingerprint density at radius 1 is 1.19 bits per heavy atom. The third kappa shape index (κ3) is 4.24. The molecule has 0 spiro atoms. The highest BCUT2D eigenvalue weighted by Crippen LogP contribution is 2.12. The molecular formula is C17H20N2O2. The Bertz CT molecular complexity index is 608. The second kappa shape index (κ2) is 6.79. The van der Waals surface area contributed by atoms with Gasteiger partial charge in [0.15, 0.2) is 0 Å². The number of likely N-dealkylation sites (N-methyl/N-ethyl adjacent to an activating group) is 1. The first-order valence-electron chi connectivity index (χ1n) is 6.87. The molecule has 2 rings (SSSR count). The summed E-state index contributed by atoms with van der Waals surface area (Å²) in [6.07, 6.45) is 0. The van der Waals surface area contributed by atoms with Crippen molar-refractivity contribution in [3.05, 3.63) is 59.7 Å². The molecule has 0 aliphatic heterocycles. The van der Waals surface area contributed by atoms with Gasteiger partial charge < -0.3 is 15.4 Å². The molecule has 21 heavy (non-hydrogen) atoms. The van der Waals surface area contributed by atoms with Crippen LogP contribution < -0.4 is 10.5 Å². The van der Waals surface area contributed by atoms with E-state index in [0.717, 1.165) is 5.75 Å². The molecule has 0 aliphatic carbocycles. The number of nitrogens with two attached hydrogens (primary N) is 1. The van der Waals surface area contributed by atoms with E-state index in [2.05, 4.69) is 0 Å². The summed E-state index contributed by atoms with van der Waals surface area (Å²) in [5.41, 5.74) is 8.06. The van der Waals surface area contributed by atoms with Gasteiger partial charge in [-0.3, -0.25) is 4.79 Å². The molecule has 0 unspecified atom stereocenters. The van der Waals surface area contributed by atoms with Crippen molar-refractivity contribution in [3.8, 4) is 5.75 Å². The first-order chi connectivity index (χ1) is 10.1. The Morgan fingerprint density at radius 3 is 2.57 bits per heavy atom. The molecule has 4 heteroatoms. The summed E-state index contributed by atoms with van der Waals surface area (Å²) >= 11 is 0. The Labute approximate surface area is 125 Å². The number of nitrogen functional groups attached to an aromatic ring is 1. The zero-order valence-electron chi connectivity index (χ0n) is 12.4. The lowest BCUT2D eigenvalue weighted by Crippen LogP contribution is -2.30. The van der Waals surface area contributed by atoms with E-state index in [1.807, 2.05) is 31.2 Å². The minimum Gasteiger partial charge on any atom is -0.492 e. The molecule has 0 fully saturated rings. The molecule has 4 nitrogen and oxygen atoms in total. The number of nitrogens with zero attached hydrogens (tertiary/aromatic N) is 1. The van der Waals surface area contributed by atoms with Crippen LogP contribution in [0.2, 0.25) is 0 Å². The summed E-state index contributed by atoms with van der Waals surface area (Å²) in [4.78, 5) is 13.8. The summed E-state index contributed by atoms with van der Waals surface area (Å²) in [6, 6.07) is 14.8. The van der Waals surface area contributed by atoms with Crippen molar-refractivity contribution in [2.75, 3.05) is 25.9 Å². The largest absolute Gasteiger partial charge is 0.492 e. The normalized spacial score (nSPS) is 10.2. The third-order valence-corrected chi connectivity index (χ3v) is 3.20. The van der Waals surface area contributed by atoms with E-state index in [0.29, 0.717) is 24.4 Å². The molecule has 0 bridgehead atoms. The van der Waals surface area contributed by atoms with Gasteiger partial charge in [-0.1, -0.05) is 23.8 Å². The Kier molecular flexibility index (Phi) is 4.82. The minimum atomic E-state index is -0.0604. The van der Waals surface area contributed by atoms with Crippen molar-refractivity contribution in [3.63, 3.8) is 0 Å². The first-order valence-corrected chi connectivity index (χ1v) is 6.87. The van der Waals surface area contributed by atoms with Crippen LogP contribution in [-0.4, -0.2) is 31.0 Å². The molecule has 2 aromatic carbocycles. The van der Waals surface area contributed by atoms with Gasteiger partial charge in [0.2, 0.25) is 0 Å². The van der Waals surface area contributed by atoms with Gasteiger partial charge in [-0.05, 0) is 37.3 Å². The molecule has 0 aliphatic rings. The average molecular weight is 284 g/mol. The SMILES string of the molecule is Cc1ccc(OCCN(C)C(=O)c2cccc(N)c2)cc1. The number of ether oxygens (including phenoxy) is 1. The first kappa shape index (κ1) is 14.9. The van der Waals surface area contributed by atoms with Gasteiger partial charge in [-0.25, -0.2) is 0 Å². The molecule has 110 valence electrons. The molecule has 0 atom stereocenters. The van der Waals surface area contributed by atoms with E-state index in [4.69, 9.17) is 10.5 Å². The summed E-state index contributed by atoms with van der Waals surface area (Å²) in [5, 5.41) is 0. The lowest BCUT2D eigenvalue weighted by atomic mass is 10.2. The maximum atomic E-state index is 12.2. The van der Waals surface area contributed by atoms with Crippen molar-refractivity contribution in [1.29, 1.82) is 0 Å². The van der Waals surface area contributed by atoms with Crippen LogP contribution in [0.5, 0.6) is 5.75 Å². The monoisotopic (exact) mass is 284 g/mol. The second-order valence-corrected chi connectivity index (χ2v) is 5.01. The maximum Gasteiger partial charge on any atom is 0.253 e. The van der Waals surface area contributed by atoms with E-state index < -0.39 is 0 Å². The number of hydrogen-bond acceptors (Lipinski definition) is 3. The molecule has 0 aromatic heterocycles. The lowest BCUT2D eigenvalue weighted by Gasteiger charge is -2.17. The number of carbonyl (C=O) groups excluding carboxylic acids is 1. The van der Waals surface area contributed by atoms with E-state index in [9.17, 15) is 4.79 Å². The zero-order valence-corrected chi connectivity index (χ0v) is 12.4. The Hall–Kier alpha value is -2.49. The number of rotatable bonds is 5. The highest BCUT2D eigenvalue weighted by atomic mass is 16.5. The smallest absolute Gasteiger partial charge is 0.253 e. The molecule has 2 aromatic rings. The molecule has 0 radical (unpaired) electrons. The summed E-state index contributed by atoms with van der Waals surface area (Å²) in [7, 11) is 1.75. The standard InChI is InChI=1S/C17H20N2O2/c1-13-6-8-16(9-7-13)21-11-10-19(2)17(20)14-4-3-5-15(18)12-14/h3-9,12H,10-11,18H2,1-2H3. The van der Waals surface area contributed by atoms with Crippen LogP contribution in [0.4, 0.5) is 5.69 Å². The van der Waals surface area contributed by atoms with Crippen molar-refractivity contribution in [1.82, 2.24) is 4.90 Å². The predicted molar refractivity (Wildman–Crippen MR) is 84.5 cm³/mol. The highest BCUT2D eigenvalue weighted by Gasteiger charge is 2.11. The van der Waals surface area contributed by atoms with Gasteiger partial charge in [0.05, 0.1) is 6.54 Å². The van der Waals surface area contributed by atoms with Crippen LogP contribution in [-0.2, 0) is 0 Å². The fraction of sp³-hybridized carbons (Fsp3) is 0.235. The minimum absolute atomic E-state index is 0.0604. The summed E-state index contributed by atoms with van der Waals surface area (Å²) in [6.45, 7) is 3.00. The molecule has 0 heterocycles. The van der Waals surface area contributed by atoms with Crippen LogP contribution in [0.15, 0.2) is 48.5 Å². The van der Waals surface area contributed by atoms with Gasteiger partial charge >= 0.3 is 0 Å². The van der Waals surface area contributed by atoms with Crippen LogP contribution in [0.25, 0.3) is 0 Å². The van der Waals surface area contributed by atoms with Crippen molar-refractivity contribution in [2.45, 2.75) is 6.92 Å². The number of hydrogen-bond donors (Lipinski definition) is 1. The van der Waals surface area contributed by atoms with Crippen LogP contribution in [0, 0.1) is 6.92 Å². The Balaban J connectivity index is 1.85. The second-order valence-electron chi connectivity index (χ2n) is 5.01. The quantitative estimate of drug-likeness (QED) is 0.859. The fourth-order valence-corrected chi connectivity index (χ4v) is 1.93. The molecule has 0 saturated carbocycles. The van der Waals surface area contributed by atoms with E-state index in [1.165, 1.54) is 5.56 Å². The van der Waals surface area contributed by atoms with Gasteiger partial charge in [-0.15, -0.1) is 0 Å². The van der Waals surface area contributed by atoms with Gasteiger partial charge in [-0.2, -0.15) is 0 Å². The molecule has 2 N–H and O–H groups in total.